The lowest BCUT2D eigenvalue weighted by Crippen LogP contribution is -2.35. The van der Waals surface area contributed by atoms with Crippen LogP contribution in [-0.4, -0.2) is 24.5 Å². The van der Waals surface area contributed by atoms with Gasteiger partial charge in [-0.1, -0.05) is 49.2 Å². The summed E-state index contributed by atoms with van der Waals surface area (Å²) in [5.74, 6) is -0.513. The molecular formula is C21H24ClNO4. The lowest BCUT2D eigenvalue weighted by molar-refractivity contribution is -0.124. The predicted molar refractivity (Wildman–Crippen MR) is 105 cm³/mol. The summed E-state index contributed by atoms with van der Waals surface area (Å²) < 4.78 is 10.9. The van der Waals surface area contributed by atoms with Crippen LogP contribution in [0.3, 0.4) is 0 Å². The molecule has 0 saturated heterocycles. The zero-order chi connectivity index (χ0) is 19.6. The van der Waals surface area contributed by atoms with Crippen molar-refractivity contribution < 1.29 is 19.1 Å². The van der Waals surface area contributed by atoms with Gasteiger partial charge in [0.1, 0.15) is 17.9 Å². The van der Waals surface area contributed by atoms with Crippen LogP contribution in [-0.2, 0) is 16.1 Å². The molecule has 1 amide bonds. The minimum atomic E-state index is -0.597. The van der Waals surface area contributed by atoms with Crippen LogP contribution in [0.4, 0.5) is 0 Å². The molecule has 0 saturated carbocycles. The summed E-state index contributed by atoms with van der Waals surface area (Å²) in [5.41, 5.74) is 1.20. The van der Waals surface area contributed by atoms with Gasteiger partial charge in [-0.2, -0.15) is 0 Å². The lowest BCUT2D eigenvalue weighted by Gasteiger charge is -2.14. The molecule has 0 bridgehead atoms. The summed E-state index contributed by atoms with van der Waals surface area (Å²) in [6.45, 7) is 3.93. The van der Waals surface area contributed by atoms with Gasteiger partial charge in [-0.05, 0) is 43.2 Å². The molecule has 0 heterocycles. The number of esters is 1. The standard InChI is InChI=1S/C21H24ClNO4/c1-3-6-15(2)23-20(24)14-27-21(25)18-7-4-5-8-19(18)26-13-16-9-11-17(22)12-10-16/h4-5,7-12,15H,3,6,13-14H2,1-2H3,(H,23,24)/t15-/m0/s1. The number of ether oxygens (including phenoxy) is 2. The highest BCUT2D eigenvalue weighted by molar-refractivity contribution is 6.30. The molecule has 0 spiro atoms. The SMILES string of the molecule is CCC[C@H](C)NC(=O)COC(=O)c1ccccc1OCc1ccc(Cl)cc1. The zero-order valence-electron chi connectivity index (χ0n) is 15.5. The molecule has 0 aliphatic heterocycles. The Labute approximate surface area is 164 Å². The first-order valence-electron chi connectivity index (χ1n) is 8.92. The van der Waals surface area contributed by atoms with Gasteiger partial charge in [0, 0.05) is 11.1 Å². The van der Waals surface area contributed by atoms with Crippen molar-refractivity contribution >= 4 is 23.5 Å². The first-order chi connectivity index (χ1) is 13.0. The van der Waals surface area contributed by atoms with E-state index in [9.17, 15) is 9.59 Å². The Balaban J connectivity index is 1.92. The van der Waals surface area contributed by atoms with Gasteiger partial charge >= 0.3 is 5.97 Å². The Bertz CT molecular complexity index is 761. The van der Waals surface area contributed by atoms with Crippen molar-refractivity contribution in [2.75, 3.05) is 6.61 Å². The highest BCUT2D eigenvalue weighted by atomic mass is 35.5. The average molecular weight is 390 g/mol. The van der Waals surface area contributed by atoms with E-state index in [4.69, 9.17) is 21.1 Å². The Morgan fingerprint density at radius 3 is 2.52 bits per heavy atom. The fourth-order valence-corrected chi connectivity index (χ4v) is 2.66. The Morgan fingerprint density at radius 2 is 1.81 bits per heavy atom. The minimum Gasteiger partial charge on any atom is -0.488 e. The fourth-order valence-electron chi connectivity index (χ4n) is 2.53. The van der Waals surface area contributed by atoms with Crippen molar-refractivity contribution in [1.29, 1.82) is 0 Å². The van der Waals surface area contributed by atoms with E-state index in [1.807, 2.05) is 26.0 Å². The lowest BCUT2D eigenvalue weighted by atomic mass is 10.2. The van der Waals surface area contributed by atoms with E-state index >= 15 is 0 Å². The zero-order valence-corrected chi connectivity index (χ0v) is 16.3. The molecule has 2 aromatic rings. The van der Waals surface area contributed by atoms with E-state index in [2.05, 4.69) is 5.32 Å². The third-order valence-electron chi connectivity index (χ3n) is 3.88. The Kier molecular flexibility index (Phi) is 8.14. The molecule has 0 aromatic heterocycles. The van der Waals surface area contributed by atoms with Crippen LogP contribution < -0.4 is 10.1 Å². The highest BCUT2D eigenvalue weighted by Gasteiger charge is 2.16. The average Bonchev–Trinajstić information content (AvgIpc) is 2.66. The van der Waals surface area contributed by atoms with Crippen LogP contribution in [0, 0.1) is 0 Å². The molecule has 2 rings (SSSR count). The van der Waals surface area contributed by atoms with Crippen LogP contribution >= 0.6 is 11.6 Å². The van der Waals surface area contributed by atoms with Crippen molar-refractivity contribution in [3.05, 3.63) is 64.7 Å². The molecule has 5 nitrogen and oxygen atoms in total. The number of amides is 1. The van der Waals surface area contributed by atoms with Gasteiger partial charge in [0.15, 0.2) is 6.61 Å². The number of para-hydroxylation sites is 1. The van der Waals surface area contributed by atoms with Gasteiger partial charge < -0.3 is 14.8 Å². The van der Waals surface area contributed by atoms with Crippen LogP contribution in [0.1, 0.15) is 42.6 Å². The molecule has 0 fully saturated rings. The predicted octanol–water partition coefficient (Wildman–Crippen LogP) is 4.38. The van der Waals surface area contributed by atoms with Crippen LogP contribution in [0.5, 0.6) is 5.75 Å². The summed E-state index contributed by atoms with van der Waals surface area (Å²) in [6, 6.07) is 14.1. The smallest absolute Gasteiger partial charge is 0.342 e. The van der Waals surface area contributed by atoms with Crippen molar-refractivity contribution in [2.45, 2.75) is 39.3 Å². The number of nitrogens with one attached hydrogen (secondary N) is 1. The van der Waals surface area contributed by atoms with Gasteiger partial charge in [-0.25, -0.2) is 4.79 Å². The van der Waals surface area contributed by atoms with Gasteiger partial charge in [0.25, 0.3) is 5.91 Å². The minimum absolute atomic E-state index is 0.0520. The van der Waals surface area contributed by atoms with Gasteiger partial charge in [0.2, 0.25) is 0 Å². The molecule has 0 radical (unpaired) electrons. The largest absolute Gasteiger partial charge is 0.488 e. The van der Waals surface area contributed by atoms with E-state index < -0.39 is 5.97 Å². The molecule has 27 heavy (non-hydrogen) atoms. The van der Waals surface area contributed by atoms with Gasteiger partial charge in [-0.15, -0.1) is 0 Å². The second-order valence-corrected chi connectivity index (χ2v) is 6.68. The number of carbonyl (C=O) groups is 2. The molecule has 0 unspecified atom stereocenters. The van der Waals surface area contributed by atoms with Gasteiger partial charge in [0.05, 0.1) is 0 Å². The topological polar surface area (TPSA) is 64.6 Å². The number of benzene rings is 2. The van der Waals surface area contributed by atoms with Crippen LogP contribution in [0.15, 0.2) is 48.5 Å². The summed E-state index contributed by atoms with van der Waals surface area (Å²) in [6.07, 6.45) is 1.85. The second-order valence-electron chi connectivity index (χ2n) is 6.24. The quantitative estimate of drug-likeness (QED) is 0.646. The molecule has 6 heteroatoms. The van der Waals surface area contributed by atoms with Crippen LogP contribution in [0.2, 0.25) is 5.02 Å². The van der Waals surface area contributed by atoms with Crippen molar-refractivity contribution in [2.24, 2.45) is 0 Å². The second kappa shape index (κ2) is 10.6. The molecule has 0 aliphatic carbocycles. The van der Waals surface area contributed by atoms with E-state index in [1.54, 1.807) is 36.4 Å². The Morgan fingerprint density at radius 1 is 1.11 bits per heavy atom. The summed E-state index contributed by atoms with van der Waals surface area (Å²) >= 11 is 5.87. The number of hydrogen-bond acceptors (Lipinski definition) is 4. The first kappa shape index (κ1) is 20.8. The van der Waals surface area contributed by atoms with Crippen molar-refractivity contribution in [3.63, 3.8) is 0 Å². The van der Waals surface area contributed by atoms with E-state index in [0.29, 0.717) is 10.8 Å². The third kappa shape index (κ3) is 6.94. The fraction of sp³-hybridized carbons (Fsp3) is 0.333. The summed E-state index contributed by atoms with van der Waals surface area (Å²) in [7, 11) is 0. The monoisotopic (exact) mass is 389 g/mol. The van der Waals surface area contributed by atoms with E-state index in [-0.39, 0.29) is 30.7 Å². The van der Waals surface area contributed by atoms with Crippen molar-refractivity contribution in [3.8, 4) is 5.75 Å². The first-order valence-corrected chi connectivity index (χ1v) is 9.30. The number of halogens is 1. The third-order valence-corrected chi connectivity index (χ3v) is 4.13. The number of carbonyl (C=O) groups excluding carboxylic acids is 2. The maximum Gasteiger partial charge on any atom is 0.342 e. The molecular weight excluding hydrogens is 366 g/mol. The molecule has 2 aromatic carbocycles. The van der Waals surface area contributed by atoms with E-state index in [0.717, 1.165) is 18.4 Å². The molecule has 1 atom stereocenters. The highest BCUT2D eigenvalue weighted by Crippen LogP contribution is 2.21. The number of hydrogen-bond donors (Lipinski definition) is 1. The normalized spacial score (nSPS) is 11.5. The molecule has 0 aliphatic rings. The van der Waals surface area contributed by atoms with Crippen molar-refractivity contribution in [1.82, 2.24) is 5.32 Å². The summed E-state index contributed by atoms with van der Waals surface area (Å²) in [4.78, 5) is 24.2. The van der Waals surface area contributed by atoms with Gasteiger partial charge in [-0.3, -0.25) is 4.79 Å². The van der Waals surface area contributed by atoms with E-state index in [1.165, 1.54) is 0 Å². The summed E-state index contributed by atoms with van der Waals surface area (Å²) in [5, 5.41) is 3.44. The maximum absolute atomic E-state index is 12.3. The van der Waals surface area contributed by atoms with Crippen LogP contribution in [0.25, 0.3) is 0 Å². The Hall–Kier alpha value is -2.53. The molecule has 1 N–H and O–H groups in total. The number of rotatable bonds is 9. The molecule has 144 valence electrons. The maximum atomic E-state index is 12.3.